The van der Waals surface area contributed by atoms with Gasteiger partial charge >= 0.3 is 0 Å². The van der Waals surface area contributed by atoms with Crippen LogP contribution in [0, 0.1) is 0 Å². The Kier molecular flexibility index (Phi) is 5.04. The van der Waals surface area contributed by atoms with Gasteiger partial charge in [0.05, 0.1) is 19.0 Å². The molecule has 1 aliphatic rings. The fraction of sp³-hybridized carbons (Fsp3) is 0.538. The Labute approximate surface area is 124 Å². The molecular weight excluding hydrogens is 302 g/mol. The Morgan fingerprint density at radius 2 is 1.95 bits per heavy atom. The van der Waals surface area contributed by atoms with E-state index in [9.17, 15) is 8.42 Å². The molecule has 1 aromatic carbocycles. The average molecular weight is 320 g/mol. The molecule has 20 heavy (non-hydrogen) atoms. The van der Waals surface area contributed by atoms with Gasteiger partial charge in [-0.05, 0) is 18.6 Å². The number of nitrogens with one attached hydrogen (secondary N) is 1. The van der Waals surface area contributed by atoms with Gasteiger partial charge < -0.3 is 9.47 Å². The lowest BCUT2D eigenvalue weighted by Gasteiger charge is -2.22. The Morgan fingerprint density at radius 3 is 2.60 bits per heavy atom. The highest BCUT2D eigenvalue weighted by Gasteiger charge is 2.30. The van der Waals surface area contributed by atoms with E-state index in [-0.39, 0.29) is 12.3 Å². The Morgan fingerprint density at radius 1 is 1.30 bits per heavy atom. The summed E-state index contributed by atoms with van der Waals surface area (Å²) in [7, 11) is -3.42. The summed E-state index contributed by atoms with van der Waals surface area (Å²) in [5.74, 6) is -0.821. The quantitative estimate of drug-likeness (QED) is 0.870. The van der Waals surface area contributed by atoms with Crippen LogP contribution in [0.2, 0.25) is 5.02 Å². The van der Waals surface area contributed by atoms with E-state index in [1.807, 2.05) is 6.92 Å². The van der Waals surface area contributed by atoms with Crippen molar-refractivity contribution in [1.29, 1.82) is 0 Å². The molecule has 0 spiro atoms. The third-order valence-electron chi connectivity index (χ3n) is 3.10. The highest BCUT2D eigenvalue weighted by Crippen LogP contribution is 2.22. The standard InChI is InChI=1S/C13H18ClNO4S/c1-13(18-8-9-19-13)6-7-15-20(16,17)10-11-4-2-3-5-12(11)14/h2-5,15H,6-10H2,1H3. The second-order valence-corrected chi connectivity index (χ2v) is 7.04. The maximum absolute atomic E-state index is 12.0. The third kappa shape index (κ3) is 4.43. The van der Waals surface area contributed by atoms with E-state index in [2.05, 4.69) is 4.72 Å². The highest BCUT2D eigenvalue weighted by atomic mass is 35.5. The predicted molar refractivity (Wildman–Crippen MR) is 77.0 cm³/mol. The molecule has 0 atom stereocenters. The molecule has 2 rings (SSSR count). The second-order valence-electron chi connectivity index (χ2n) is 4.83. The molecule has 1 heterocycles. The van der Waals surface area contributed by atoms with Crippen molar-refractivity contribution in [3.63, 3.8) is 0 Å². The van der Waals surface area contributed by atoms with Crippen molar-refractivity contribution in [3.8, 4) is 0 Å². The number of ether oxygens (including phenoxy) is 2. The smallest absolute Gasteiger partial charge is 0.215 e. The fourth-order valence-electron chi connectivity index (χ4n) is 2.01. The molecule has 0 aliphatic carbocycles. The summed E-state index contributed by atoms with van der Waals surface area (Å²) in [5.41, 5.74) is 0.584. The first-order chi connectivity index (χ1) is 9.40. The van der Waals surface area contributed by atoms with Crippen LogP contribution in [0.4, 0.5) is 0 Å². The van der Waals surface area contributed by atoms with Crippen LogP contribution in [-0.4, -0.2) is 34.0 Å². The van der Waals surface area contributed by atoms with E-state index < -0.39 is 15.8 Å². The van der Waals surface area contributed by atoms with Crippen molar-refractivity contribution in [2.24, 2.45) is 0 Å². The van der Waals surface area contributed by atoms with Crippen LogP contribution in [0.5, 0.6) is 0 Å². The topological polar surface area (TPSA) is 64.6 Å². The van der Waals surface area contributed by atoms with Crippen molar-refractivity contribution in [3.05, 3.63) is 34.9 Å². The summed E-state index contributed by atoms with van der Waals surface area (Å²) in [6.45, 7) is 3.16. The van der Waals surface area contributed by atoms with Gasteiger partial charge in [-0.1, -0.05) is 29.8 Å². The first-order valence-corrected chi connectivity index (χ1v) is 8.42. The van der Waals surface area contributed by atoms with E-state index in [0.29, 0.717) is 30.2 Å². The van der Waals surface area contributed by atoms with Gasteiger partial charge in [-0.2, -0.15) is 0 Å². The molecule has 5 nitrogen and oxygen atoms in total. The van der Waals surface area contributed by atoms with Crippen LogP contribution < -0.4 is 4.72 Å². The minimum atomic E-state index is -3.42. The number of hydrogen-bond donors (Lipinski definition) is 1. The number of halogens is 1. The molecule has 7 heteroatoms. The first-order valence-electron chi connectivity index (χ1n) is 6.39. The van der Waals surface area contributed by atoms with Crippen molar-refractivity contribution in [2.45, 2.75) is 24.9 Å². The van der Waals surface area contributed by atoms with Crippen LogP contribution in [0.3, 0.4) is 0 Å². The molecule has 0 amide bonds. The largest absolute Gasteiger partial charge is 0.348 e. The lowest BCUT2D eigenvalue weighted by Crippen LogP contribution is -2.34. The van der Waals surface area contributed by atoms with E-state index in [1.54, 1.807) is 24.3 Å². The van der Waals surface area contributed by atoms with Crippen LogP contribution in [0.15, 0.2) is 24.3 Å². The van der Waals surface area contributed by atoms with Crippen molar-refractivity contribution >= 4 is 21.6 Å². The summed E-state index contributed by atoms with van der Waals surface area (Å²) < 4.78 is 37.3. The van der Waals surface area contributed by atoms with Crippen molar-refractivity contribution in [1.82, 2.24) is 4.72 Å². The number of rotatable bonds is 6. The van der Waals surface area contributed by atoms with Gasteiger partial charge in [-0.25, -0.2) is 13.1 Å². The van der Waals surface area contributed by atoms with Gasteiger partial charge in [0, 0.05) is 18.0 Å². The van der Waals surface area contributed by atoms with Gasteiger partial charge in [0.1, 0.15) is 0 Å². The molecule has 1 aromatic rings. The molecule has 0 radical (unpaired) electrons. The second kappa shape index (κ2) is 6.41. The van der Waals surface area contributed by atoms with Crippen molar-refractivity contribution < 1.29 is 17.9 Å². The molecule has 1 N–H and O–H groups in total. The van der Waals surface area contributed by atoms with Crippen LogP contribution >= 0.6 is 11.6 Å². The predicted octanol–water partition coefficient (Wildman–Crippen LogP) is 1.91. The molecule has 0 unspecified atom stereocenters. The summed E-state index contributed by atoms with van der Waals surface area (Å²) >= 11 is 5.96. The van der Waals surface area contributed by atoms with Crippen LogP contribution in [0.25, 0.3) is 0 Å². The summed E-state index contributed by atoms with van der Waals surface area (Å²) in [4.78, 5) is 0. The Hall–Kier alpha value is -0.660. The fourth-order valence-corrected chi connectivity index (χ4v) is 3.46. The minimum absolute atomic E-state index is 0.134. The van der Waals surface area contributed by atoms with Gasteiger partial charge in [0.25, 0.3) is 0 Å². The highest BCUT2D eigenvalue weighted by molar-refractivity contribution is 7.88. The molecular formula is C13H18ClNO4S. The van der Waals surface area contributed by atoms with E-state index in [1.165, 1.54) is 0 Å². The molecule has 0 aromatic heterocycles. The van der Waals surface area contributed by atoms with Gasteiger partial charge in [-0.15, -0.1) is 0 Å². The SMILES string of the molecule is CC1(CCNS(=O)(=O)Cc2ccccc2Cl)OCCO1. The van der Waals surface area contributed by atoms with Gasteiger partial charge in [0.2, 0.25) is 10.0 Å². The molecule has 112 valence electrons. The zero-order valence-electron chi connectivity index (χ0n) is 11.3. The number of hydrogen-bond acceptors (Lipinski definition) is 4. The monoisotopic (exact) mass is 319 g/mol. The van der Waals surface area contributed by atoms with Crippen molar-refractivity contribution in [2.75, 3.05) is 19.8 Å². The molecule has 1 saturated heterocycles. The summed E-state index contributed by atoms with van der Waals surface area (Å²) in [6, 6.07) is 6.90. The zero-order chi connectivity index (χ0) is 14.6. The summed E-state index contributed by atoms with van der Waals surface area (Å²) in [5, 5.41) is 0.451. The average Bonchev–Trinajstić information content (AvgIpc) is 2.79. The van der Waals surface area contributed by atoms with E-state index >= 15 is 0 Å². The third-order valence-corrected chi connectivity index (χ3v) is 4.81. The maximum Gasteiger partial charge on any atom is 0.215 e. The number of sulfonamides is 1. The molecule has 0 saturated carbocycles. The lowest BCUT2D eigenvalue weighted by molar-refractivity contribution is -0.145. The zero-order valence-corrected chi connectivity index (χ0v) is 12.8. The Balaban J connectivity index is 1.87. The summed E-state index contributed by atoms with van der Waals surface area (Å²) in [6.07, 6.45) is 0.467. The van der Waals surface area contributed by atoms with Gasteiger partial charge in [0.15, 0.2) is 5.79 Å². The Bertz CT molecular complexity index is 555. The lowest BCUT2D eigenvalue weighted by atomic mass is 10.2. The first kappa shape index (κ1) is 15.7. The van der Waals surface area contributed by atoms with Crippen LogP contribution in [0.1, 0.15) is 18.9 Å². The molecule has 1 fully saturated rings. The van der Waals surface area contributed by atoms with Gasteiger partial charge in [-0.3, -0.25) is 0 Å². The normalized spacial score (nSPS) is 18.3. The van der Waals surface area contributed by atoms with E-state index in [0.717, 1.165) is 0 Å². The minimum Gasteiger partial charge on any atom is -0.348 e. The maximum atomic E-state index is 12.0. The molecule has 0 bridgehead atoms. The van der Waals surface area contributed by atoms with Crippen LogP contribution in [-0.2, 0) is 25.2 Å². The number of benzene rings is 1. The molecule has 1 aliphatic heterocycles. The van der Waals surface area contributed by atoms with E-state index in [4.69, 9.17) is 21.1 Å².